The number of halogens is 2. The number of para-hydroxylation sites is 1. The third kappa shape index (κ3) is 6.98. The SMILES string of the molecule is O=C(COc1ccc(Br)cc1Br)NC(=S)NNC(=O)Nc1ccccc1. The average molecular weight is 502 g/mol. The topological polar surface area (TPSA) is 91.5 Å². The third-order valence-corrected chi connectivity index (χ3v) is 4.14. The molecular formula is C16H14Br2N4O3S. The van der Waals surface area contributed by atoms with E-state index >= 15 is 0 Å². The van der Waals surface area contributed by atoms with Crippen LogP contribution in [0.3, 0.4) is 0 Å². The molecule has 10 heteroatoms. The maximum absolute atomic E-state index is 11.8. The number of urea groups is 1. The summed E-state index contributed by atoms with van der Waals surface area (Å²) < 4.78 is 6.98. The van der Waals surface area contributed by atoms with Crippen molar-refractivity contribution in [2.45, 2.75) is 0 Å². The molecule has 136 valence electrons. The van der Waals surface area contributed by atoms with Crippen molar-refractivity contribution in [3.05, 3.63) is 57.5 Å². The van der Waals surface area contributed by atoms with Crippen molar-refractivity contribution in [2.24, 2.45) is 0 Å². The standard InChI is InChI=1S/C16H14Br2N4O3S/c17-10-6-7-13(12(18)8-10)25-9-14(23)20-16(26)22-21-15(24)19-11-4-2-1-3-5-11/h1-8H,9H2,(H2,19,21,24)(H2,20,22,23,26). The number of carbonyl (C=O) groups excluding carboxylic acids is 2. The number of amides is 3. The van der Waals surface area contributed by atoms with Gasteiger partial charge in [-0.1, -0.05) is 34.1 Å². The lowest BCUT2D eigenvalue weighted by atomic mass is 10.3. The highest BCUT2D eigenvalue weighted by atomic mass is 79.9. The molecule has 2 rings (SSSR count). The number of nitrogens with one attached hydrogen (secondary N) is 4. The first-order valence-corrected chi connectivity index (χ1v) is 9.23. The number of rotatable bonds is 4. The zero-order valence-corrected chi connectivity index (χ0v) is 17.2. The van der Waals surface area contributed by atoms with Gasteiger partial charge in [0.25, 0.3) is 5.91 Å². The summed E-state index contributed by atoms with van der Waals surface area (Å²) in [4.78, 5) is 23.5. The number of thiocarbonyl (C=S) groups is 1. The molecule has 26 heavy (non-hydrogen) atoms. The minimum absolute atomic E-state index is 0.0586. The monoisotopic (exact) mass is 500 g/mol. The number of carbonyl (C=O) groups is 2. The quantitative estimate of drug-likeness (QED) is 0.381. The average Bonchev–Trinajstić information content (AvgIpc) is 2.60. The van der Waals surface area contributed by atoms with E-state index in [1.165, 1.54) is 0 Å². The summed E-state index contributed by atoms with van der Waals surface area (Å²) in [5.74, 6) is 0.0465. The van der Waals surface area contributed by atoms with Crippen LogP contribution in [0.5, 0.6) is 5.75 Å². The van der Waals surface area contributed by atoms with Crippen LogP contribution < -0.4 is 26.2 Å². The zero-order valence-electron chi connectivity index (χ0n) is 13.2. The molecule has 0 spiro atoms. The fraction of sp³-hybridized carbons (Fsp3) is 0.0625. The molecule has 0 fully saturated rings. The number of hydrogen-bond acceptors (Lipinski definition) is 4. The third-order valence-electron chi connectivity index (χ3n) is 2.83. The van der Waals surface area contributed by atoms with Crippen molar-refractivity contribution in [1.82, 2.24) is 16.2 Å². The Morgan fingerprint density at radius 2 is 1.77 bits per heavy atom. The Balaban J connectivity index is 1.70. The lowest BCUT2D eigenvalue weighted by Gasteiger charge is -2.12. The maximum atomic E-state index is 11.8. The highest BCUT2D eigenvalue weighted by Crippen LogP contribution is 2.27. The van der Waals surface area contributed by atoms with Gasteiger partial charge in [0.15, 0.2) is 11.7 Å². The van der Waals surface area contributed by atoms with Crippen molar-refractivity contribution in [1.29, 1.82) is 0 Å². The fourth-order valence-electron chi connectivity index (χ4n) is 1.73. The van der Waals surface area contributed by atoms with Gasteiger partial charge in [0.1, 0.15) is 5.75 Å². The Labute approximate surface area is 172 Å². The van der Waals surface area contributed by atoms with Crippen LogP contribution in [0.15, 0.2) is 57.5 Å². The van der Waals surface area contributed by atoms with Crippen LogP contribution in [-0.4, -0.2) is 23.7 Å². The smallest absolute Gasteiger partial charge is 0.337 e. The summed E-state index contributed by atoms with van der Waals surface area (Å²) in [6.07, 6.45) is 0. The fourth-order valence-corrected chi connectivity index (χ4v) is 3.05. The lowest BCUT2D eigenvalue weighted by Crippen LogP contribution is -2.50. The first-order chi connectivity index (χ1) is 12.4. The van der Waals surface area contributed by atoms with Crippen LogP contribution in [0.2, 0.25) is 0 Å². The second-order valence-corrected chi connectivity index (χ2v) is 6.99. The summed E-state index contributed by atoms with van der Waals surface area (Å²) in [6.45, 7) is -0.238. The molecule has 3 amide bonds. The molecule has 0 bridgehead atoms. The van der Waals surface area contributed by atoms with Crippen LogP contribution in [0.25, 0.3) is 0 Å². The highest BCUT2D eigenvalue weighted by Gasteiger charge is 2.09. The van der Waals surface area contributed by atoms with E-state index in [0.29, 0.717) is 15.9 Å². The molecule has 0 aliphatic carbocycles. The molecule has 2 aromatic carbocycles. The molecule has 7 nitrogen and oxygen atoms in total. The van der Waals surface area contributed by atoms with E-state index in [-0.39, 0.29) is 11.7 Å². The first-order valence-electron chi connectivity index (χ1n) is 7.24. The normalized spacial score (nSPS) is 9.77. The largest absolute Gasteiger partial charge is 0.483 e. The molecule has 0 atom stereocenters. The van der Waals surface area contributed by atoms with E-state index in [2.05, 4.69) is 53.3 Å². The van der Waals surface area contributed by atoms with Gasteiger partial charge in [-0.05, 0) is 58.5 Å². The second-order valence-electron chi connectivity index (χ2n) is 4.81. The van der Waals surface area contributed by atoms with E-state index in [4.69, 9.17) is 17.0 Å². The van der Waals surface area contributed by atoms with Gasteiger partial charge in [-0.2, -0.15) is 0 Å². The minimum Gasteiger partial charge on any atom is -0.483 e. The zero-order chi connectivity index (χ0) is 18.9. The molecular weight excluding hydrogens is 488 g/mol. The molecule has 0 unspecified atom stereocenters. The molecule has 0 aromatic heterocycles. The van der Waals surface area contributed by atoms with Crippen molar-refractivity contribution in [2.75, 3.05) is 11.9 Å². The highest BCUT2D eigenvalue weighted by molar-refractivity contribution is 9.11. The Hall–Kier alpha value is -2.17. The van der Waals surface area contributed by atoms with E-state index in [1.807, 2.05) is 6.07 Å². The van der Waals surface area contributed by atoms with Crippen LogP contribution in [0.1, 0.15) is 0 Å². The summed E-state index contributed by atoms with van der Waals surface area (Å²) in [7, 11) is 0. The number of anilines is 1. The Bertz CT molecular complexity index is 805. The Morgan fingerprint density at radius 3 is 2.46 bits per heavy atom. The summed E-state index contributed by atoms with van der Waals surface area (Å²) >= 11 is 11.6. The first kappa shape index (κ1) is 20.1. The number of hydrogen-bond donors (Lipinski definition) is 4. The molecule has 0 saturated carbocycles. The molecule has 0 aliphatic heterocycles. The molecule has 0 heterocycles. The molecule has 0 saturated heterocycles. The van der Waals surface area contributed by atoms with Crippen molar-refractivity contribution in [3.8, 4) is 5.75 Å². The van der Waals surface area contributed by atoms with Crippen LogP contribution in [-0.2, 0) is 4.79 Å². The number of hydrazine groups is 1. The number of benzene rings is 2. The molecule has 4 N–H and O–H groups in total. The van der Waals surface area contributed by atoms with Crippen LogP contribution >= 0.6 is 44.1 Å². The van der Waals surface area contributed by atoms with Crippen LogP contribution in [0, 0.1) is 0 Å². The van der Waals surface area contributed by atoms with Gasteiger partial charge in [-0.25, -0.2) is 10.2 Å². The van der Waals surface area contributed by atoms with Gasteiger partial charge in [-0.3, -0.25) is 15.5 Å². The maximum Gasteiger partial charge on any atom is 0.337 e. The van der Waals surface area contributed by atoms with Gasteiger partial charge < -0.3 is 10.1 Å². The van der Waals surface area contributed by atoms with Gasteiger partial charge in [0.2, 0.25) is 0 Å². The Kier molecular flexibility index (Phi) is 7.82. The van der Waals surface area contributed by atoms with Crippen LogP contribution in [0.4, 0.5) is 10.5 Å². The summed E-state index contributed by atoms with van der Waals surface area (Å²) in [5.41, 5.74) is 5.35. The minimum atomic E-state index is -0.525. The van der Waals surface area contributed by atoms with Crippen molar-refractivity contribution >= 4 is 66.8 Å². The predicted octanol–water partition coefficient (Wildman–Crippen LogP) is 3.32. The molecule has 0 aliphatic rings. The molecule has 0 radical (unpaired) electrons. The predicted molar refractivity (Wildman–Crippen MR) is 110 cm³/mol. The second kappa shape index (κ2) is 10.1. The van der Waals surface area contributed by atoms with E-state index < -0.39 is 11.9 Å². The Morgan fingerprint density at radius 1 is 1.04 bits per heavy atom. The van der Waals surface area contributed by atoms with E-state index in [1.54, 1.807) is 42.5 Å². The number of ether oxygens (including phenoxy) is 1. The van der Waals surface area contributed by atoms with Gasteiger partial charge in [-0.15, -0.1) is 0 Å². The van der Waals surface area contributed by atoms with Crippen molar-refractivity contribution < 1.29 is 14.3 Å². The summed E-state index contributed by atoms with van der Waals surface area (Å²) in [6, 6.07) is 13.7. The van der Waals surface area contributed by atoms with E-state index in [0.717, 1.165) is 4.47 Å². The van der Waals surface area contributed by atoms with Gasteiger partial charge in [0.05, 0.1) is 4.47 Å². The lowest BCUT2D eigenvalue weighted by molar-refractivity contribution is -0.121. The summed E-state index contributed by atoms with van der Waals surface area (Å²) in [5, 5.41) is 4.92. The van der Waals surface area contributed by atoms with Gasteiger partial charge in [0, 0.05) is 10.2 Å². The van der Waals surface area contributed by atoms with E-state index in [9.17, 15) is 9.59 Å². The van der Waals surface area contributed by atoms with Gasteiger partial charge >= 0.3 is 6.03 Å². The van der Waals surface area contributed by atoms with Crippen molar-refractivity contribution in [3.63, 3.8) is 0 Å². The molecule has 2 aromatic rings.